The lowest BCUT2D eigenvalue weighted by Gasteiger charge is -2.07. The summed E-state index contributed by atoms with van der Waals surface area (Å²) in [6.45, 7) is 0. The zero-order chi connectivity index (χ0) is 12.8. The summed E-state index contributed by atoms with van der Waals surface area (Å²) in [6, 6.07) is 10.4. The summed E-state index contributed by atoms with van der Waals surface area (Å²) in [5, 5.41) is 9.59. The molecule has 1 fully saturated rings. The molecule has 4 rings (SSSR count). The van der Waals surface area contributed by atoms with Crippen LogP contribution in [0.2, 0.25) is 0 Å². The third kappa shape index (κ3) is 1.68. The van der Waals surface area contributed by atoms with Crippen molar-refractivity contribution in [1.29, 1.82) is 0 Å². The minimum atomic E-state index is 0.173. The number of rotatable bonds is 2. The minimum Gasteiger partial charge on any atom is -0.506 e. The van der Waals surface area contributed by atoms with E-state index in [0.717, 1.165) is 22.4 Å². The van der Waals surface area contributed by atoms with Crippen LogP contribution in [0.5, 0.6) is 5.75 Å². The standard InChI is InChI=1S/C15H13N3O/c19-12-7-10(8-16-9-12)15-17-13-3-1-2-4-14(13)18(15)11-5-6-11/h1-4,7-9,11,19H,5-6H2. The Bertz CT molecular complexity index is 759. The van der Waals surface area contributed by atoms with E-state index in [2.05, 4.69) is 15.6 Å². The average molecular weight is 251 g/mol. The third-order valence-corrected chi connectivity index (χ3v) is 3.49. The number of para-hydroxylation sites is 2. The van der Waals surface area contributed by atoms with E-state index in [-0.39, 0.29) is 5.75 Å². The zero-order valence-electron chi connectivity index (χ0n) is 10.3. The SMILES string of the molecule is Oc1cncc(-c2nc3ccccc3n2C2CC2)c1. The van der Waals surface area contributed by atoms with Gasteiger partial charge in [0.1, 0.15) is 11.6 Å². The van der Waals surface area contributed by atoms with Gasteiger partial charge in [-0.2, -0.15) is 0 Å². The molecular weight excluding hydrogens is 238 g/mol. The molecule has 4 nitrogen and oxygen atoms in total. The molecule has 0 bridgehead atoms. The van der Waals surface area contributed by atoms with Crippen LogP contribution in [0.1, 0.15) is 18.9 Å². The van der Waals surface area contributed by atoms with E-state index in [4.69, 9.17) is 4.98 Å². The second kappa shape index (κ2) is 3.82. The Labute approximate surface area is 110 Å². The Hall–Kier alpha value is -2.36. The van der Waals surface area contributed by atoms with Crippen LogP contribution in [-0.4, -0.2) is 19.6 Å². The van der Waals surface area contributed by atoms with E-state index in [9.17, 15) is 5.11 Å². The molecule has 94 valence electrons. The maximum Gasteiger partial charge on any atom is 0.143 e. The highest BCUT2D eigenvalue weighted by Gasteiger charge is 2.28. The number of pyridine rings is 1. The number of nitrogens with zero attached hydrogens (tertiary/aromatic N) is 3. The smallest absolute Gasteiger partial charge is 0.143 e. The van der Waals surface area contributed by atoms with Gasteiger partial charge in [0, 0.05) is 17.8 Å². The van der Waals surface area contributed by atoms with Gasteiger partial charge in [-0.1, -0.05) is 12.1 Å². The number of hydrogen-bond acceptors (Lipinski definition) is 3. The van der Waals surface area contributed by atoms with Crippen molar-refractivity contribution >= 4 is 11.0 Å². The van der Waals surface area contributed by atoms with Crippen molar-refractivity contribution in [2.24, 2.45) is 0 Å². The summed E-state index contributed by atoms with van der Waals surface area (Å²) < 4.78 is 2.27. The number of hydrogen-bond donors (Lipinski definition) is 1. The van der Waals surface area contributed by atoms with Crippen molar-refractivity contribution in [3.63, 3.8) is 0 Å². The van der Waals surface area contributed by atoms with Crippen molar-refractivity contribution in [3.05, 3.63) is 42.7 Å². The lowest BCUT2D eigenvalue weighted by atomic mass is 10.2. The van der Waals surface area contributed by atoms with Gasteiger partial charge in [-0.25, -0.2) is 4.98 Å². The molecule has 0 saturated heterocycles. The molecular formula is C15H13N3O. The van der Waals surface area contributed by atoms with Crippen LogP contribution < -0.4 is 0 Å². The minimum absolute atomic E-state index is 0.173. The molecule has 0 amide bonds. The first-order chi connectivity index (χ1) is 9.33. The van der Waals surface area contributed by atoms with Crippen LogP contribution in [0.4, 0.5) is 0 Å². The van der Waals surface area contributed by atoms with E-state index >= 15 is 0 Å². The van der Waals surface area contributed by atoms with Crippen molar-refractivity contribution < 1.29 is 5.11 Å². The monoisotopic (exact) mass is 251 g/mol. The number of aromatic nitrogens is 3. The molecule has 1 aromatic carbocycles. The fourth-order valence-corrected chi connectivity index (χ4v) is 2.50. The summed E-state index contributed by atoms with van der Waals surface area (Å²) in [5.41, 5.74) is 3.01. The molecule has 19 heavy (non-hydrogen) atoms. The quantitative estimate of drug-likeness (QED) is 0.761. The molecule has 0 unspecified atom stereocenters. The van der Waals surface area contributed by atoms with E-state index in [1.807, 2.05) is 18.2 Å². The first-order valence-electron chi connectivity index (χ1n) is 6.44. The van der Waals surface area contributed by atoms with E-state index in [1.165, 1.54) is 19.0 Å². The second-order valence-electron chi connectivity index (χ2n) is 4.96. The molecule has 2 aromatic heterocycles. The highest BCUT2D eigenvalue weighted by Crippen LogP contribution is 2.41. The Balaban J connectivity index is 2.00. The normalized spacial score (nSPS) is 14.9. The van der Waals surface area contributed by atoms with Crippen LogP contribution in [-0.2, 0) is 0 Å². The van der Waals surface area contributed by atoms with Crippen LogP contribution in [0.15, 0.2) is 42.7 Å². The van der Waals surface area contributed by atoms with Gasteiger partial charge in [0.25, 0.3) is 0 Å². The molecule has 1 saturated carbocycles. The Morgan fingerprint density at radius 1 is 1.16 bits per heavy atom. The maximum atomic E-state index is 9.59. The van der Waals surface area contributed by atoms with Crippen molar-refractivity contribution in [3.8, 4) is 17.1 Å². The Morgan fingerprint density at radius 3 is 2.79 bits per heavy atom. The van der Waals surface area contributed by atoms with Crippen molar-refractivity contribution in [2.75, 3.05) is 0 Å². The topological polar surface area (TPSA) is 50.9 Å². The molecule has 3 aromatic rings. The van der Waals surface area contributed by atoms with Crippen LogP contribution in [0, 0.1) is 0 Å². The predicted octanol–water partition coefficient (Wildman–Crippen LogP) is 3.14. The molecule has 0 spiro atoms. The number of aromatic hydroxyl groups is 1. The lowest BCUT2D eigenvalue weighted by molar-refractivity contribution is 0.473. The summed E-state index contributed by atoms with van der Waals surface area (Å²) >= 11 is 0. The van der Waals surface area contributed by atoms with Crippen LogP contribution in [0.3, 0.4) is 0 Å². The fourth-order valence-electron chi connectivity index (χ4n) is 2.50. The van der Waals surface area contributed by atoms with Gasteiger partial charge in [0.2, 0.25) is 0 Å². The van der Waals surface area contributed by atoms with Gasteiger partial charge >= 0.3 is 0 Å². The summed E-state index contributed by atoms with van der Waals surface area (Å²) in [5.74, 6) is 1.07. The van der Waals surface area contributed by atoms with Gasteiger partial charge in [0.05, 0.1) is 17.2 Å². The van der Waals surface area contributed by atoms with Crippen LogP contribution >= 0.6 is 0 Å². The predicted molar refractivity (Wildman–Crippen MR) is 72.9 cm³/mol. The largest absolute Gasteiger partial charge is 0.506 e. The first-order valence-corrected chi connectivity index (χ1v) is 6.44. The second-order valence-corrected chi connectivity index (χ2v) is 4.96. The number of imidazole rings is 1. The average Bonchev–Trinajstić information content (AvgIpc) is 3.18. The van der Waals surface area contributed by atoms with Crippen molar-refractivity contribution in [2.45, 2.75) is 18.9 Å². The first kappa shape index (κ1) is 10.6. The molecule has 0 atom stereocenters. The lowest BCUT2D eigenvalue weighted by Crippen LogP contribution is -1.97. The zero-order valence-corrected chi connectivity index (χ0v) is 10.3. The molecule has 1 N–H and O–H groups in total. The van der Waals surface area contributed by atoms with Crippen molar-refractivity contribution in [1.82, 2.24) is 14.5 Å². The maximum absolute atomic E-state index is 9.59. The number of fused-ring (bicyclic) bond motifs is 1. The van der Waals surface area contributed by atoms with Crippen LogP contribution in [0.25, 0.3) is 22.4 Å². The third-order valence-electron chi connectivity index (χ3n) is 3.49. The van der Waals surface area contributed by atoms with E-state index in [0.29, 0.717) is 6.04 Å². The van der Waals surface area contributed by atoms with E-state index < -0.39 is 0 Å². The van der Waals surface area contributed by atoms with Gasteiger partial charge in [-0.05, 0) is 31.0 Å². The Morgan fingerprint density at radius 2 is 2.00 bits per heavy atom. The van der Waals surface area contributed by atoms with Gasteiger partial charge < -0.3 is 9.67 Å². The van der Waals surface area contributed by atoms with Gasteiger partial charge in [-0.3, -0.25) is 4.98 Å². The highest BCUT2D eigenvalue weighted by atomic mass is 16.3. The molecule has 1 aliphatic rings. The molecule has 0 aliphatic heterocycles. The van der Waals surface area contributed by atoms with E-state index in [1.54, 1.807) is 12.3 Å². The van der Waals surface area contributed by atoms with Gasteiger partial charge in [0.15, 0.2) is 0 Å². The molecule has 2 heterocycles. The van der Waals surface area contributed by atoms with Gasteiger partial charge in [-0.15, -0.1) is 0 Å². The summed E-state index contributed by atoms with van der Waals surface area (Å²) in [7, 11) is 0. The molecule has 0 radical (unpaired) electrons. The molecule has 1 aliphatic carbocycles. The highest BCUT2D eigenvalue weighted by molar-refractivity contribution is 5.81. The fraction of sp³-hybridized carbons (Fsp3) is 0.200. The molecule has 4 heteroatoms. The summed E-state index contributed by atoms with van der Waals surface area (Å²) in [4.78, 5) is 8.75. The summed E-state index contributed by atoms with van der Waals surface area (Å²) in [6.07, 6.45) is 5.58. The number of benzene rings is 1. The Kier molecular flexibility index (Phi) is 2.12.